The average Bonchev–Trinajstić information content (AvgIpc) is 2.64. The monoisotopic (exact) mass is 364 g/mol. The second-order valence-electron chi connectivity index (χ2n) is 5.98. The van der Waals surface area contributed by atoms with Gasteiger partial charge >= 0.3 is 12.0 Å². The Labute approximate surface area is 149 Å². The molecule has 10 nitrogen and oxygen atoms in total. The van der Waals surface area contributed by atoms with Crippen LogP contribution >= 0.6 is 0 Å². The van der Waals surface area contributed by atoms with E-state index in [0.29, 0.717) is 24.9 Å². The van der Waals surface area contributed by atoms with E-state index in [1.54, 1.807) is 0 Å². The first-order chi connectivity index (χ1) is 12.4. The highest BCUT2D eigenvalue weighted by molar-refractivity contribution is 5.84. The number of carboxylic acid groups (broad SMARTS) is 1. The van der Waals surface area contributed by atoms with Gasteiger partial charge in [-0.1, -0.05) is 12.1 Å². The normalized spacial score (nSPS) is 16.6. The maximum Gasteiger partial charge on any atom is 0.315 e. The third-order valence-electron chi connectivity index (χ3n) is 4.12. The molecular weight excluding hydrogens is 344 g/mol. The van der Waals surface area contributed by atoms with Crippen molar-refractivity contribution in [1.29, 1.82) is 0 Å². The molecule has 3 N–H and O–H groups in total. The molecule has 0 radical (unpaired) electrons. The SMILES string of the molecule is O=C(NCC(=O)N1CCCC(C(=O)O)C1)NCc1ccc([N+](=O)[O-])cc1. The van der Waals surface area contributed by atoms with Gasteiger partial charge in [-0.05, 0) is 18.4 Å². The molecule has 0 spiro atoms. The average molecular weight is 364 g/mol. The van der Waals surface area contributed by atoms with Crippen molar-refractivity contribution in [1.82, 2.24) is 15.5 Å². The molecular formula is C16H20N4O6. The summed E-state index contributed by atoms with van der Waals surface area (Å²) in [5.41, 5.74) is 0.641. The van der Waals surface area contributed by atoms with Gasteiger partial charge in [0.1, 0.15) is 0 Å². The molecule has 1 fully saturated rings. The lowest BCUT2D eigenvalue weighted by atomic mass is 9.98. The maximum atomic E-state index is 12.1. The number of nitro groups is 1. The standard InChI is InChI=1S/C16H20N4O6/c21-14(19-7-1-2-12(10-19)15(22)23)9-18-16(24)17-8-11-3-5-13(6-4-11)20(25)26/h3-6,12H,1-2,7-10H2,(H,22,23)(H2,17,18,24). The molecule has 2 rings (SSSR count). The number of carbonyl (C=O) groups excluding carboxylic acids is 2. The molecule has 1 aliphatic heterocycles. The highest BCUT2D eigenvalue weighted by Gasteiger charge is 2.28. The van der Waals surface area contributed by atoms with Crippen molar-refractivity contribution >= 4 is 23.6 Å². The van der Waals surface area contributed by atoms with Crippen LogP contribution in [0.4, 0.5) is 10.5 Å². The summed E-state index contributed by atoms with van der Waals surface area (Å²) < 4.78 is 0. The van der Waals surface area contributed by atoms with E-state index in [9.17, 15) is 24.5 Å². The predicted octanol–water partition coefficient (Wildman–Crippen LogP) is 0.717. The van der Waals surface area contributed by atoms with Gasteiger partial charge in [-0.15, -0.1) is 0 Å². The van der Waals surface area contributed by atoms with Crippen molar-refractivity contribution in [3.8, 4) is 0 Å². The van der Waals surface area contributed by atoms with E-state index in [1.807, 2.05) is 0 Å². The number of rotatable bonds is 6. The Bertz CT molecular complexity index is 690. The van der Waals surface area contributed by atoms with Gasteiger partial charge in [0, 0.05) is 31.8 Å². The zero-order valence-electron chi connectivity index (χ0n) is 14.0. The third-order valence-corrected chi connectivity index (χ3v) is 4.12. The van der Waals surface area contributed by atoms with Gasteiger partial charge in [0.2, 0.25) is 5.91 Å². The Morgan fingerprint density at radius 2 is 1.92 bits per heavy atom. The van der Waals surface area contributed by atoms with Gasteiger partial charge in [0.25, 0.3) is 5.69 Å². The Kier molecular flexibility index (Phi) is 6.48. The van der Waals surface area contributed by atoms with Gasteiger partial charge in [0.05, 0.1) is 17.4 Å². The summed E-state index contributed by atoms with van der Waals surface area (Å²) in [6, 6.07) is 5.19. The van der Waals surface area contributed by atoms with Crippen LogP contribution < -0.4 is 10.6 Å². The van der Waals surface area contributed by atoms with Crippen molar-refractivity contribution < 1.29 is 24.4 Å². The van der Waals surface area contributed by atoms with E-state index in [2.05, 4.69) is 10.6 Å². The summed E-state index contributed by atoms with van der Waals surface area (Å²) in [6.07, 6.45) is 1.16. The second-order valence-corrected chi connectivity index (χ2v) is 5.98. The minimum atomic E-state index is -0.920. The van der Waals surface area contributed by atoms with Gasteiger partial charge < -0.3 is 20.6 Å². The van der Waals surface area contributed by atoms with Gasteiger partial charge in [-0.3, -0.25) is 19.7 Å². The van der Waals surface area contributed by atoms with Crippen LogP contribution in [0.25, 0.3) is 0 Å². The van der Waals surface area contributed by atoms with E-state index >= 15 is 0 Å². The molecule has 1 atom stereocenters. The molecule has 1 aliphatic rings. The summed E-state index contributed by atoms with van der Waals surface area (Å²) in [5.74, 6) is -1.82. The molecule has 0 aliphatic carbocycles. The molecule has 1 saturated heterocycles. The van der Waals surface area contributed by atoms with Crippen molar-refractivity contribution in [2.45, 2.75) is 19.4 Å². The number of aliphatic carboxylic acids is 1. The maximum absolute atomic E-state index is 12.1. The molecule has 0 bridgehead atoms. The molecule has 1 heterocycles. The Morgan fingerprint density at radius 3 is 2.54 bits per heavy atom. The number of benzene rings is 1. The van der Waals surface area contributed by atoms with E-state index in [-0.39, 0.29) is 31.2 Å². The summed E-state index contributed by atoms with van der Waals surface area (Å²) in [4.78, 5) is 46.3. The number of nitro benzene ring substituents is 1. The predicted molar refractivity (Wildman–Crippen MR) is 90.3 cm³/mol. The quantitative estimate of drug-likeness (QED) is 0.501. The largest absolute Gasteiger partial charge is 0.481 e. The third kappa shape index (κ3) is 5.43. The Balaban J connectivity index is 1.73. The number of nitrogens with one attached hydrogen (secondary N) is 2. The van der Waals surface area contributed by atoms with E-state index < -0.39 is 22.8 Å². The van der Waals surface area contributed by atoms with Crippen LogP contribution in [0, 0.1) is 16.0 Å². The van der Waals surface area contributed by atoms with Crippen LogP contribution in [-0.4, -0.2) is 52.5 Å². The van der Waals surface area contributed by atoms with Gasteiger partial charge in [-0.25, -0.2) is 4.79 Å². The van der Waals surface area contributed by atoms with Gasteiger partial charge in [0.15, 0.2) is 0 Å². The Morgan fingerprint density at radius 1 is 1.23 bits per heavy atom. The number of hydrogen-bond donors (Lipinski definition) is 3. The molecule has 0 aromatic heterocycles. The molecule has 26 heavy (non-hydrogen) atoms. The number of carbonyl (C=O) groups is 3. The van der Waals surface area contributed by atoms with Crippen LogP contribution in [0.5, 0.6) is 0 Å². The first kappa shape index (κ1) is 19.2. The number of nitrogens with zero attached hydrogens (tertiary/aromatic N) is 2. The molecule has 1 aromatic carbocycles. The van der Waals surface area contributed by atoms with Crippen LogP contribution in [0.2, 0.25) is 0 Å². The molecule has 0 saturated carbocycles. The van der Waals surface area contributed by atoms with Crippen LogP contribution in [0.1, 0.15) is 18.4 Å². The fourth-order valence-corrected chi connectivity index (χ4v) is 2.65. The van der Waals surface area contributed by atoms with Crippen LogP contribution in [0.3, 0.4) is 0 Å². The summed E-state index contributed by atoms with van der Waals surface area (Å²) in [6.45, 7) is 0.566. The number of amides is 3. The minimum Gasteiger partial charge on any atom is -0.481 e. The van der Waals surface area contributed by atoms with Gasteiger partial charge in [-0.2, -0.15) is 0 Å². The number of piperidine rings is 1. The highest BCUT2D eigenvalue weighted by Crippen LogP contribution is 2.16. The van der Waals surface area contributed by atoms with Crippen LogP contribution in [-0.2, 0) is 16.1 Å². The zero-order chi connectivity index (χ0) is 19.1. The number of non-ortho nitro benzene ring substituents is 1. The van der Waals surface area contributed by atoms with Crippen molar-refractivity contribution in [2.75, 3.05) is 19.6 Å². The number of urea groups is 1. The molecule has 1 unspecified atom stereocenters. The number of carboxylic acids is 1. The van der Waals surface area contributed by atoms with E-state index in [0.717, 1.165) is 0 Å². The zero-order valence-corrected chi connectivity index (χ0v) is 14.0. The summed E-state index contributed by atoms with van der Waals surface area (Å²) in [5, 5.41) is 24.6. The summed E-state index contributed by atoms with van der Waals surface area (Å²) >= 11 is 0. The number of likely N-dealkylation sites (tertiary alicyclic amines) is 1. The lowest BCUT2D eigenvalue weighted by Gasteiger charge is -2.30. The minimum absolute atomic E-state index is 0.0370. The Hall–Kier alpha value is -3.17. The first-order valence-corrected chi connectivity index (χ1v) is 8.12. The summed E-state index contributed by atoms with van der Waals surface area (Å²) in [7, 11) is 0. The highest BCUT2D eigenvalue weighted by atomic mass is 16.6. The molecule has 1 aromatic rings. The second kappa shape index (κ2) is 8.79. The molecule has 3 amide bonds. The smallest absolute Gasteiger partial charge is 0.315 e. The van der Waals surface area contributed by atoms with Crippen molar-refractivity contribution in [3.05, 3.63) is 39.9 Å². The topological polar surface area (TPSA) is 142 Å². The fraction of sp³-hybridized carbons (Fsp3) is 0.438. The fourth-order valence-electron chi connectivity index (χ4n) is 2.65. The van der Waals surface area contributed by atoms with Crippen LogP contribution in [0.15, 0.2) is 24.3 Å². The number of hydrogen-bond acceptors (Lipinski definition) is 5. The lowest BCUT2D eigenvalue weighted by Crippen LogP contribution is -2.47. The molecule has 140 valence electrons. The lowest BCUT2D eigenvalue weighted by molar-refractivity contribution is -0.384. The molecule has 10 heteroatoms. The van der Waals surface area contributed by atoms with Crippen molar-refractivity contribution in [3.63, 3.8) is 0 Å². The van der Waals surface area contributed by atoms with E-state index in [1.165, 1.54) is 29.2 Å². The van der Waals surface area contributed by atoms with Crippen molar-refractivity contribution in [2.24, 2.45) is 5.92 Å². The van der Waals surface area contributed by atoms with E-state index in [4.69, 9.17) is 5.11 Å². The first-order valence-electron chi connectivity index (χ1n) is 8.12.